The smallest absolute Gasteiger partial charge is 0.266 e. The highest BCUT2D eigenvalue weighted by Crippen LogP contribution is 2.61. The first-order valence-electron chi connectivity index (χ1n) is 10.4. The topological polar surface area (TPSA) is 46.6 Å². The summed E-state index contributed by atoms with van der Waals surface area (Å²) in [6, 6.07) is 27.0. The number of amides is 2. The summed E-state index contributed by atoms with van der Waals surface area (Å²) in [6.45, 7) is 2.13. The Labute approximate surface area is 187 Å². The van der Waals surface area contributed by atoms with Crippen LogP contribution in [0.15, 0.2) is 103 Å². The molecule has 3 aromatic rings. The Morgan fingerprint density at radius 3 is 1.72 bits per heavy atom. The van der Waals surface area contributed by atoms with Crippen LogP contribution in [0.25, 0.3) is 5.31 Å². The van der Waals surface area contributed by atoms with Gasteiger partial charge in [-0.25, -0.2) is 4.90 Å². The molecule has 0 aliphatic carbocycles. The van der Waals surface area contributed by atoms with Gasteiger partial charge in [-0.3, -0.25) is 9.59 Å². The summed E-state index contributed by atoms with van der Waals surface area (Å²) < 4.78 is 6.21. The first-order chi connectivity index (χ1) is 15.5. The lowest BCUT2D eigenvalue weighted by molar-refractivity contribution is 0.0710. The van der Waals surface area contributed by atoms with E-state index in [0.717, 1.165) is 21.7 Å². The number of allylic oxidation sites excluding steroid dienone is 2. The highest BCUT2D eigenvalue weighted by molar-refractivity contribution is 7.81. The van der Waals surface area contributed by atoms with Crippen LogP contribution in [0.1, 0.15) is 31.8 Å². The fourth-order valence-corrected chi connectivity index (χ4v) is 7.02. The summed E-state index contributed by atoms with van der Waals surface area (Å²) in [5.74, 6) is -0.598. The zero-order valence-electron chi connectivity index (χ0n) is 17.9. The van der Waals surface area contributed by atoms with Crippen molar-refractivity contribution < 1.29 is 14.1 Å². The molecule has 0 saturated carbocycles. The van der Waals surface area contributed by atoms with E-state index in [1.807, 2.05) is 72.8 Å². The largest absolute Gasteiger partial charge is 0.360 e. The number of imide groups is 1. The molecule has 5 heteroatoms. The molecule has 2 heterocycles. The molecule has 0 N–H and O–H groups in total. The average molecular weight is 439 g/mol. The maximum atomic E-state index is 13.2. The monoisotopic (exact) mass is 439 g/mol. The molecule has 0 bridgehead atoms. The third-order valence-electron chi connectivity index (χ3n) is 6.05. The number of fused-ring (bicyclic) bond motifs is 1. The van der Waals surface area contributed by atoms with Crippen LogP contribution in [0, 0.1) is 0 Å². The molecule has 0 radical (unpaired) electrons. The predicted octanol–water partition coefficient (Wildman–Crippen LogP) is 5.65. The molecule has 2 amide bonds. The molecule has 0 spiro atoms. The minimum Gasteiger partial charge on any atom is -0.360 e. The Morgan fingerprint density at radius 2 is 1.19 bits per heavy atom. The van der Waals surface area contributed by atoms with E-state index in [1.54, 1.807) is 31.4 Å². The highest BCUT2D eigenvalue weighted by Gasteiger charge is 2.39. The highest BCUT2D eigenvalue weighted by atomic mass is 31.2. The number of carbonyl (C=O) groups excluding carboxylic acids is 2. The molecular weight excluding hydrogens is 417 g/mol. The number of benzene rings is 3. The maximum absolute atomic E-state index is 13.2. The van der Waals surface area contributed by atoms with Gasteiger partial charge in [-0.2, -0.15) is 0 Å². The first-order valence-corrected chi connectivity index (χ1v) is 12.5. The van der Waals surface area contributed by atoms with Crippen LogP contribution in [-0.2, 0) is 4.52 Å². The van der Waals surface area contributed by atoms with E-state index < -0.39 is 7.11 Å². The SMILES string of the molecule is COP1(C)=C(c2ccccc2)C=C(N2C(=O)c3ccccc3C2=O)C=C1c1ccccc1. The summed E-state index contributed by atoms with van der Waals surface area (Å²) in [4.78, 5) is 27.7. The third kappa shape index (κ3) is 3.12. The van der Waals surface area contributed by atoms with Gasteiger partial charge >= 0.3 is 0 Å². The van der Waals surface area contributed by atoms with Crippen molar-refractivity contribution in [2.75, 3.05) is 13.8 Å². The van der Waals surface area contributed by atoms with Gasteiger partial charge in [-0.05, 0) is 42.1 Å². The maximum Gasteiger partial charge on any atom is 0.266 e. The first kappa shape index (κ1) is 20.4. The van der Waals surface area contributed by atoms with Crippen molar-refractivity contribution in [1.82, 2.24) is 4.90 Å². The number of hydrogen-bond donors (Lipinski definition) is 0. The van der Waals surface area contributed by atoms with E-state index in [9.17, 15) is 9.59 Å². The summed E-state index contributed by atoms with van der Waals surface area (Å²) >= 11 is 0. The standard InChI is InChI=1S/C27H22NO3P/c1-31-32(2)24(19-11-5-3-6-12-19)17-21(18-25(32)20-13-7-4-8-14-20)28-26(29)22-15-9-10-16-23(22)27(28)30/h3-18H,1-2H3. The Hall–Kier alpha value is -3.46. The quantitative estimate of drug-likeness (QED) is 0.390. The number of rotatable bonds is 4. The zero-order valence-corrected chi connectivity index (χ0v) is 18.8. The Bertz CT molecular complexity index is 1320. The van der Waals surface area contributed by atoms with Crippen LogP contribution in [0.4, 0.5) is 0 Å². The predicted molar refractivity (Wildman–Crippen MR) is 130 cm³/mol. The molecule has 1 unspecified atom stereocenters. The summed E-state index contributed by atoms with van der Waals surface area (Å²) in [5, 5.41) is 1.99. The van der Waals surface area contributed by atoms with Crippen molar-refractivity contribution in [1.29, 1.82) is 0 Å². The van der Waals surface area contributed by atoms with Crippen molar-refractivity contribution in [2.24, 2.45) is 0 Å². The molecule has 0 aromatic heterocycles. The van der Waals surface area contributed by atoms with Gasteiger partial charge in [0, 0.05) is 24.8 Å². The van der Waals surface area contributed by atoms with Gasteiger partial charge in [0.1, 0.15) is 0 Å². The van der Waals surface area contributed by atoms with Crippen LogP contribution in [0.2, 0.25) is 0 Å². The molecule has 158 valence electrons. The average Bonchev–Trinajstić information content (AvgIpc) is 3.10. The number of carbonyl (C=O) groups is 2. The summed E-state index contributed by atoms with van der Waals surface area (Å²) in [7, 11) is -0.517. The molecule has 1 atom stereocenters. The van der Waals surface area contributed by atoms with Crippen LogP contribution in [0.3, 0.4) is 0 Å². The molecule has 3 aromatic carbocycles. The molecule has 0 fully saturated rings. The fraction of sp³-hybridized carbons (Fsp3) is 0.0741. The molecule has 5 rings (SSSR count). The number of hydrogen-bond acceptors (Lipinski definition) is 3. The van der Waals surface area contributed by atoms with Crippen LogP contribution in [0.5, 0.6) is 0 Å². The lowest BCUT2D eigenvalue weighted by Crippen LogP contribution is -2.30. The second-order valence-electron chi connectivity index (χ2n) is 7.81. The Morgan fingerprint density at radius 1 is 0.688 bits per heavy atom. The third-order valence-corrected chi connectivity index (χ3v) is 9.39. The van der Waals surface area contributed by atoms with Crippen LogP contribution >= 0.6 is 7.11 Å². The normalized spacial score (nSPS) is 20.2. The van der Waals surface area contributed by atoms with E-state index in [4.69, 9.17) is 4.52 Å². The van der Waals surface area contributed by atoms with Crippen LogP contribution < -0.4 is 0 Å². The van der Waals surface area contributed by atoms with Crippen molar-refractivity contribution >= 4 is 29.5 Å². The molecular formula is C27H22NO3P. The van der Waals surface area contributed by atoms with Gasteiger partial charge in [0.05, 0.1) is 16.8 Å². The molecule has 4 nitrogen and oxygen atoms in total. The number of nitrogens with zero attached hydrogens (tertiary/aromatic N) is 1. The van der Waals surface area contributed by atoms with E-state index in [1.165, 1.54) is 4.90 Å². The second-order valence-corrected chi connectivity index (χ2v) is 11.0. The second kappa shape index (κ2) is 7.90. The summed E-state index contributed by atoms with van der Waals surface area (Å²) in [6.07, 6.45) is 3.89. The fourth-order valence-electron chi connectivity index (χ4n) is 4.32. The van der Waals surface area contributed by atoms with Gasteiger partial charge < -0.3 is 4.52 Å². The lowest BCUT2D eigenvalue weighted by atomic mass is 10.1. The Balaban J connectivity index is 1.77. The van der Waals surface area contributed by atoms with Gasteiger partial charge in [-0.15, -0.1) is 0 Å². The van der Waals surface area contributed by atoms with Crippen molar-refractivity contribution in [2.45, 2.75) is 0 Å². The van der Waals surface area contributed by atoms with E-state index >= 15 is 0 Å². The molecule has 32 heavy (non-hydrogen) atoms. The minimum atomic E-state index is -2.25. The van der Waals surface area contributed by atoms with Gasteiger partial charge in [-0.1, -0.05) is 72.8 Å². The minimum absolute atomic E-state index is 0.299. The van der Waals surface area contributed by atoms with E-state index in [-0.39, 0.29) is 11.8 Å². The molecule has 2 aliphatic rings. The van der Waals surface area contributed by atoms with Gasteiger partial charge in [0.25, 0.3) is 11.8 Å². The summed E-state index contributed by atoms with van der Waals surface area (Å²) in [5.41, 5.74) is 3.46. The van der Waals surface area contributed by atoms with E-state index in [0.29, 0.717) is 16.8 Å². The zero-order chi connectivity index (χ0) is 22.3. The molecule has 0 saturated heterocycles. The van der Waals surface area contributed by atoms with Crippen LogP contribution in [-0.4, -0.2) is 35.8 Å². The van der Waals surface area contributed by atoms with E-state index in [2.05, 4.69) is 6.66 Å². The van der Waals surface area contributed by atoms with Gasteiger partial charge in [0.15, 0.2) is 0 Å². The Kier molecular flexibility index (Phi) is 5.05. The van der Waals surface area contributed by atoms with Crippen molar-refractivity contribution in [3.05, 3.63) is 125 Å². The lowest BCUT2D eigenvalue weighted by Gasteiger charge is -2.32. The van der Waals surface area contributed by atoms with Crippen molar-refractivity contribution in [3.8, 4) is 0 Å². The van der Waals surface area contributed by atoms with Crippen molar-refractivity contribution in [3.63, 3.8) is 0 Å². The van der Waals surface area contributed by atoms with Gasteiger partial charge in [0.2, 0.25) is 0 Å². The molecule has 2 aliphatic heterocycles.